The van der Waals surface area contributed by atoms with Gasteiger partial charge >= 0.3 is 36.0 Å². The van der Waals surface area contributed by atoms with Gasteiger partial charge in [0, 0.05) is 52.1 Å². The number of nitrogens with zero attached hydrogens (tertiary/aromatic N) is 3. The van der Waals surface area contributed by atoms with Gasteiger partial charge in [-0.2, -0.15) is 13.2 Å². The number of alkyl halides is 3. The molecule has 2 bridgehead atoms. The first-order valence-corrected chi connectivity index (χ1v) is 17.2. The van der Waals surface area contributed by atoms with Crippen molar-refractivity contribution in [1.29, 1.82) is 0 Å². The van der Waals surface area contributed by atoms with Crippen LogP contribution in [0.2, 0.25) is 0 Å². The molecule has 0 radical (unpaired) electrons. The van der Waals surface area contributed by atoms with E-state index < -0.39 is 90.0 Å². The van der Waals surface area contributed by atoms with E-state index in [0.717, 1.165) is 32.4 Å². The topological polar surface area (TPSA) is 201 Å². The van der Waals surface area contributed by atoms with Gasteiger partial charge in [0.1, 0.15) is 0 Å². The zero-order chi connectivity index (χ0) is 39.8. The number of rotatable bonds is 8. The van der Waals surface area contributed by atoms with Gasteiger partial charge in [0.15, 0.2) is 42.0 Å². The van der Waals surface area contributed by atoms with Crippen molar-refractivity contribution in [2.24, 2.45) is 5.92 Å². The van der Waals surface area contributed by atoms with E-state index in [0.29, 0.717) is 18.5 Å². The lowest BCUT2D eigenvalue weighted by molar-refractivity contribution is -0.375. The predicted molar refractivity (Wildman–Crippen MR) is 170 cm³/mol. The van der Waals surface area contributed by atoms with Gasteiger partial charge in [-0.1, -0.05) is 12.1 Å². The third-order valence-corrected chi connectivity index (χ3v) is 10.4. The molecule has 1 spiro atoms. The van der Waals surface area contributed by atoms with Crippen LogP contribution in [-0.4, -0.2) is 107 Å². The largest absolute Gasteiger partial charge is 0.491 e. The lowest BCUT2D eigenvalue weighted by atomic mass is 9.52. The Hall–Kier alpha value is -5.08. The molecule has 1 aromatic carbocycles. The van der Waals surface area contributed by atoms with Crippen LogP contribution in [0.1, 0.15) is 63.1 Å². The molecular formula is C35H36F3N3O14. The highest BCUT2D eigenvalue weighted by molar-refractivity contribution is 5.77. The number of ether oxygens (including phenoxy) is 8. The van der Waals surface area contributed by atoms with Crippen molar-refractivity contribution in [3.05, 3.63) is 47.2 Å². The highest BCUT2D eigenvalue weighted by Crippen LogP contribution is 2.65. The first-order chi connectivity index (χ1) is 25.8. The maximum absolute atomic E-state index is 14.2. The van der Waals surface area contributed by atoms with Crippen molar-refractivity contribution in [3.63, 3.8) is 0 Å². The maximum atomic E-state index is 14.2. The van der Waals surface area contributed by atoms with E-state index >= 15 is 0 Å². The standard InChI is InChI=1S/C35H36F3N3O14/c1-14-39-40-29(47-14)27-25(49-16(3)43)26(50-17(4)44)28(51-18(5)45)30(52-27)54-34(55-32(46)35(36,37)38)10-9-20-21-13-19-7-8-22(48-15(2)42)24-23(19)33(20,31(34)53-24)11-12-41(21)6/h7-10,20-21,25-28,30-31H,11-13H2,1-6H3/t20-,21+,25-,26-,27?,28+,30+,31+,33-,34+/m0/s1. The van der Waals surface area contributed by atoms with Crippen LogP contribution in [-0.2, 0) is 64.2 Å². The number of hydrogen-bond acceptors (Lipinski definition) is 17. The van der Waals surface area contributed by atoms with E-state index in [1.807, 2.05) is 7.05 Å². The Morgan fingerprint density at radius 2 is 1.60 bits per heavy atom. The van der Waals surface area contributed by atoms with E-state index in [2.05, 4.69) is 15.1 Å². The van der Waals surface area contributed by atoms with Gasteiger partial charge in [0.25, 0.3) is 5.79 Å². The molecule has 1 unspecified atom stereocenters. The number of aromatic nitrogens is 2. The molecule has 4 heterocycles. The number of hydrogen-bond donors (Lipinski definition) is 0. The van der Waals surface area contributed by atoms with Crippen molar-refractivity contribution in [1.82, 2.24) is 15.1 Å². The monoisotopic (exact) mass is 779 g/mol. The van der Waals surface area contributed by atoms with Crippen LogP contribution in [0.4, 0.5) is 13.2 Å². The van der Waals surface area contributed by atoms with E-state index in [4.69, 9.17) is 42.3 Å². The van der Waals surface area contributed by atoms with Gasteiger partial charge in [0.2, 0.25) is 18.1 Å². The summed E-state index contributed by atoms with van der Waals surface area (Å²) in [6, 6.07) is 3.05. The van der Waals surface area contributed by atoms with Crippen LogP contribution in [0.5, 0.6) is 11.5 Å². The van der Waals surface area contributed by atoms with Gasteiger partial charge in [-0.05, 0) is 44.1 Å². The van der Waals surface area contributed by atoms with Crippen molar-refractivity contribution in [2.45, 2.75) is 108 Å². The molecule has 0 amide bonds. The first-order valence-electron chi connectivity index (χ1n) is 17.2. The minimum atomic E-state index is -5.56. The van der Waals surface area contributed by atoms with Crippen molar-refractivity contribution >= 4 is 29.8 Å². The van der Waals surface area contributed by atoms with E-state index in [1.54, 1.807) is 12.1 Å². The molecule has 10 atom stereocenters. The Morgan fingerprint density at radius 1 is 0.927 bits per heavy atom. The second kappa shape index (κ2) is 13.6. The molecule has 0 saturated carbocycles. The SMILES string of the molecule is CC(=O)Oc1ccc2c3c1O[C@H]1[C@@](OC(=O)C(F)(F)F)(O[C@H]4OC(c5nnc(C)o5)[C@@H](OC(C)=O)[C@H](OC(C)=O)[C@H]4OC(C)=O)C=C[C@H]4[C@@H](C2)N(C)CC[C@@]341. The molecular weight excluding hydrogens is 743 g/mol. The number of likely N-dealkylation sites (tertiary alicyclic amines) is 1. The van der Waals surface area contributed by atoms with Gasteiger partial charge in [-0.3, -0.25) is 19.2 Å². The highest BCUT2D eigenvalue weighted by atomic mass is 19.4. The zero-order valence-electron chi connectivity index (χ0n) is 30.2. The Balaban J connectivity index is 1.42. The van der Waals surface area contributed by atoms with Crippen LogP contribution in [0, 0.1) is 12.8 Å². The number of piperidine rings is 1. The molecule has 2 aromatic rings. The number of benzene rings is 1. The Bertz CT molecular complexity index is 1970. The average molecular weight is 780 g/mol. The summed E-state index contributed by atoms with van der Waals surface area (Å²) in [5.41, 5.74) is 0.0466. The molecule has 7 rings (SSSR count). The number of likely N-dealkylation sites (N-methyl/N-ethyl adjacent to an activating group) is 1. The zero-order valence-corrected chi connectivity index (χ0v) is 30.2. The molecule has 55 heavy (non-hydrogen) atoms. The predicted octanol–water partition coefficient (Wildman–Crippen LogP) is 2.46. The summed E-state index contributed by atoms with van der Waals surface area (Å²) >= 11 is 0. The molecule has 0 N–H and O–H groups in total. The normalized spacial score (nSPS) is 33.1. The minimum Gasteiger partial charge on any atom is -0.478 e. The third kappa shape index (κ3) is 6.48. The number of esters is 5. The quantitative estimate of drug-likeness (QED) is 0.124. The summed E-state index contributed by atoms with van der Waals surface area (Å²) in [6.45, 7) is 6.03. The second-order valence-electron chi connectivity index (χ2n) is 14.0. The summed E-state index contributed by atoms with van der Waals surface area (Å²) < 4.78 is 94.9. The summed E-state index contributed by atoms with van der Waals surface area (Å²) in [7, 11) is 1.91. The smallest absolute Gasteiger partial charge is 0.478 e. The number of carbonyl (C=O) groups is 5. The molecule has 2 saturated heterocycles. The number of aryl methyl sites for hydroxylation is 1. The van der Waals surface area contributed by atoms with Crippen molar-refractivity contribution < 1.29 is 79.5 Å². The lowest BCUT2D eigenvalue weighted by Gasteiger charge is -2.59. The molecule has 2 fully saturated rings. The van der Waals surface area contributed by atoms with E-state index in [9.17, 15) is 37.1 Å². The van der Waals surface area contributed by atoms with Gasteiger partial charge in [0.05, 0.1) is 5.41 Å². The van der Waals surface area contributed by atoms with Crippen LogP contribution in [0.3, 0.4) is 0 Å². The fourth-order valence-corrected chi connectivity index (χ4v) is 8.57. The minimum absolute atomic E-state index is 0.0188. The average Bonchev–Trinajstić information content (AvgIpc) is 3.67. The van der Waals surface area contributed by atoms with Crippen LogP contribution in [0.15, 0.2) is 28.7 Å². The van der Waals surface area contributed by atoms with Crippen LogP contribution >= 0.6 is 0 Å². The van der Waals surface area contributed by atoms with Crippen molar-refractivity contribution in [3.8, 4) is 11.5 Å². The molecule has 1 aromatic heterocycles. The van der Waals surface area contributed by atoms with Crippen LogP contribution in [0.25, 0.3) is 0 Å². The van der Waals surface area contributed by atoms with Gasteiger partial charge in [-0.15, -0.1) is 10.2 Å². The van der Waals surface area contributed by atoms with E-state index in [-0.39, 0.29) is 35.7 Å². The Kier molecular flexibility index (Phi) is 9.44. The Labute approximate surface area is 310 Å². The molecule has 296 valence electrons. The van der Waals surface area contributed by atoms with Gasteiger partial charge < -0.3 is 47.2 Å². The maximum Gasteiger partial charge on any atom is 0.491 e. The van der Waals surface area contributed by atoms with Crippen molar-refractivity contribution in [2.75, 3.05) is 13.6 Å². The summed E-state index contributed by atoms with van der Waals surface area (Å²) in [4.78, 5) is 64.9. The summed E-state index contributed by atoms with van der Waals surface area (Å²) in [5, 5.41) is 7.71. The molecule has 20 heteroatoms. The second-order valence-corrected chi connectivity index (χ2v) is 14.0. The Morgan fingerprint density at radius 3 is 2.22 bits per heavy atom. The molecule has 17 nitrogen and oxygen atoms in total. The fourth-order valence-electron chi connectivity index (χ4n) is 8.57. The number of carbonyl (C=O) groups excluding carboxylic acids is 5. The number of halogens is 3. The lowest BCUT2D eigenvalue weighted by Crippen LogP contribution is -2.71. The van der Waals surface area contributed by atoms with Gasteiger partial charge in [-0.25, -0.2) is 4.79 Å². The summed E-state index contributed by atoms with van der Waals surface area (Å²) in [5.74, 6) is -9.87. The highest BCUT2D eigenvalue weighted by Gasteiger charge is 2.72. The first kappa shape index (κ1) is 38.2. The summed E-state index contributed by atoms with van der Waals surface area (Å²) in [6.07, 6.45) is -12.8. The molecule has 3 aliphatic heterocycles. The fraction of sp³-hybridized carbons (Fsp3) is 0.571. The van der Waals surface area contributed by atoms with Crippen LogP contribution < -0.4 is 9.47 Å². The molecule has 5 aliphatic rings. The van der Waals surface area contributed by atoms with E-state index in [1.165, 1.54) is 19.9 Å². The third-order valence-electron chi connectivity index (χ3n) is 10.4. The molecule has 2 aliphatic carbocycles.